The molecule has 1 heterocycles. The second-order valence-corrected chi connectivity index (χ2v) is 4.13. The number of hydrogen-bond acceptors (Lipinski definition) is 2. The summed E-state index contributed by atoms with van der Waals surface area (Å²) in [6.07, 6.45) is 1.41. The Morgan fingerprint density at radius 3 is 2.87 bits per heavy atom. The lowest BCUT2D eigenvalue weighted by atomic mass is 10.2. The highest BCUT2D eigenvalue weighted by molar-refractivity contribution is 6.20. The van der Waals surface area contributed by atoms with E-state index in [1.165, 1.54) is 12.3 Å². The molecule has 0 radical (unpaired) electrons. The number of amides is 1. The zero-order chi connectivity index (χ0) is 11.4. The molecule has 0 aromatic carbocycles. The van der Waals surface area contributed by atoms with Crippen LogP contribution in [0.15, 0.2) is 17.1 Å². The van der Waals surface area contributed by atoms with Crippen molar-refractivity contribution in [1.82, 2.24) is 10.3 Å². The molecule has 1 rings (SSSR count). The second-order valence-electron chi connectivity index (χ2n) is 3.38. The van der Waals surface area contributed by atoms with E-state index in [0.717, 1.165) is 5.69 Å². The first-order chi connectivity index (χ1) is 7.00. The molecule has 0 fully saturated rings. The van der Waals surface area contributed by atoms with Gasteiger partial charge in [-0.3, -0.25) is 9.59 Å². The Morgan fingerprint density at radius 1 is 1.67 bits per heavy atom. The Morgan fingerprint density at radius 2 is 2.33 bits per heavy atom. The van der Waals surface area contributed by atoms with E-state index >= 15 is 0 Å². The molecule has 0 bridgehead atoms. The lowest BCUT2D eigenvalue weighted by molar-refractivity contribution is 0.0952. The van der Waals surface area contributed by atoms with Crippen LogP contribution in [-0.4, -0.2) is 22.8 Å². The Balaban J connectivity index is 2.79. The summed E-state index contributed by atoms with van der Waals surface area (Å²) in [5.74, 6) is -0.399. The van der Waals surface area contributed by atoms with Crippen LogP contribution in [0.4, 0.5) is 0 Å². The van der Waals surface area contributed by atoms with E-state index in [2.05, 4.69) is 10.3 Å². The van der Waals surface area contributed by atoms with Crippen LogP contribution in [-0.2, 0) is 0 Å². The maximum Gasteiger partial charge on any atom is 0.256 e. The zero-order valence-corrected chi connectivity index (χ0v) is 9.39. The summed E-state index contributed by atoms with van der Waals surface area (Å²) in [6.45, 7) is 3.86. The molecule has 0 saturated heterocycles. The number of rotatable bonds is 3. The van der Waals surface area contributed by atoms with Crippen molar-refractivity contribution in [2.24, 2.45) is 0 Å². The average molecular weight is 229 g/mol. The normalized spacial score (nSPS) is 12.2. The monoisotopic (exact) mass is 228 g/mol. The maximum absolute atomic E-state index is 11.5. The van der Waals surface area contributed by atoms with Crippen LogP contribution in [0.1, 0.15) is 23.0 Å². The molecule has 1 aromatic rings. The van der Waals surface area contributed by atoms with Crippen molar-refractivity contribution < 1.29 is 4.79 Å². The number of nitrogens with one attached hydrogen (secondary N) is 2. The number of aromatic nitrogens is 1. The van der Waals surface area contributed by atoms with Crippen LogP contribution in [0.25, 0.3) is 0 Å². The van der Waals surface area contributed by atoms with Gasteiger partial charge in [-0.2, -0.15) is 0 Å². The van der Waals surface area contributed by atoms with Crippen molar-refractivity contribution in [1.29, 1.82) is 0 Å². The molecular formula is C10H13ClN2O2. The van der Waals surface area contributed by atoms with Crippen molar-refractivity contribution >= 4 is 17.5 Å². The van der Waals surface area contributed by atoms with E-state index in [-0.39, 0.29) is 16.4 Å². The molecule has 0 aliphatic carbocycles. The lowest BCUT2D eigenvalue weighted by Gasteiger charge is -2.05. The van der Waals surface area contributed by atoms with E-state index in [9.17, 15) is 9.59 Å². The molecule has 5 heteroatoms. The number of aromatic amines is 1. The summed E-state index contributed by atoms with van der Waals surface area (Å²) in [6, 6.07) is 1.39. The molecule has 1 atom stereocenters. The summed E-state index contributed by atoms with van der Waals surface area (Å²) in [7, 11) is 0. The molecule has 1 unspecified atom stereocenters. The molecule has 0 aliphatic heterocycles. The van der Waals surface area contributed by atoms with Gasteiger partial charge in [-0.1, -0.05) is 0 Å². The molecule has 1 amide bonds. The first kappa shape index (κ1) is 11.8. The van der Waals surface area contributed by atoms with Gasteiger partial charge in [-0.25, -0.2) is 0 Å². The van der Waals surface area contributed by atoms with Crippen LogP contribution in [0.5, 0.6) is 0 Å². The highest BCUT2D eigenvalue weighted by atomic mass is 35.5. The third-order valence-corrected chi connectivity index (χ3v) is 2.00. The molecule has 0 spiro atoms. The molecule has 1 aromatic heterocycles. The Labute approximate surface area is 92.7 Å². The molecule has 0 saturated carbocycles. The Kier molecular flexibility index (Phi) is 3.91. The van der Waals surface area contributed by atoms with Gasteiger partial charge in [0.2, 0.25) is 0 Å². The Bertz CT molecular complexity index is 412. The SMILES string of the molecule is Cc1cc(=O)c(C(=O)NCC(C)Cl)c[nH]1. The number of carbonyl (C=O) groups excluding carboxylic acids is 1. The number of carbonyl (C=O) groups is 1. The minimum Gasteiger partial charge on any atom is -0.364 e. The van der Waals surface area contributed by atoms with E-state index in [1.807, 2.05) is 0 Å². The van der Waals surface area contributed by atoms with Crippen molar-refractivity contribution in [2.45, 2.75) is 19.2 Å². The van der Waals surface area contributed by atoms with Gasteiger partial charge in [0.25, 0.3) is 5.91 Å². The van der Waals surface area contributed by atoms with Crippen LogP contribution >= 0.6 is 11.6 Å². The summed E-state index contributed by atoms with van der Waals surface area (Å²) in [4.78, 5) is 25.7. The average Bonchev–Trinajstić information content (AvgIpc) is 2.14. The largest absolute Gasteiger partial charge is 0.364 e. The Hall–Kier alpha value is -1.29. The van der Waals surface area contributed by atoms with E-state index in [1.54, 1.807) is 13.8 Å². The van der Waals surface area contributed by atoms with Crippen molar-refractivity contribution in [3.63, 3.8) is 0 Å². The number of aryl methyl sites for hydroxylation is 1. The number of halogens is 1. The molecule has 82 valence electrons. The van der Waals surface area contributed by atoms with Crippen LogP contribution in [0, 0.1) is 6.92 Å². The third-order valence-electron chi connectivity index (χ3n) is 1.85. The van der Waals surface area contributed by atoms with Gasteiger partial charge in [-0.15, -0.1) is 11.6 Å². The minimum atomic E-state index is -0.399. The number of hydrogen-bond donors (Lipinski definition) is 2. The highest BCUT2D eigenvalue weighted by Crippen LogP contribution is 1.94. The lowest BCUT2D eigenvalue weighted by Crippen LogP contribution is -2.32. The van der Waals surface area contributed by atoms with Crippen LogP contribution in [0.3, 0.4) is 0 Å². The fourth-order valence-corrected chi connectivity index (χ4v) is 1.16. The fourth-order valence-electron chi connectivity index (χ4n) is 1.08. The third kappa shape index (κ3) is 3.40. The zero-order valence-electron chi connectivity index (χ0n) is 8.63. The highest BCUT2D eigenvalue weighted by Gasteiger charge is 2.10. The summed E-state index contributed by atoms with van der Waals surface area (Å²) < 4.78 is 0. The number of pyridine rings is 1. The molecular weight excluding hydrogens is 216 g/mol. The van der Waals surface area contributed by atoms with Gasteiger partial charge in [0, 0.05) is 29.9 Å². The number of alkyl halides is 1. The minimum absolute atomic E-state index is 0.109. The first-order valence-electron chi connectivity index (χ1n) is 4.62. The van der Waals surface area contributed by atoms with Gasteiger partial charge in [0.05, 0.1) is 0 Å². The van der Waals surface area contributed by atoms with Crippen molar-refractivity contribution in [3.05, 3.63) is 33.7 Å². The van der Waals surface area contributed by atoms with E-state index in [4.69, 9.17) is 11.6 Å². The summed E-state index contributed by atoms with van der Waals surface area (Å²) in [5, 5.41) is 2.41. The number of H-pyrrole nitrogens is 1. The second kappa shape index (κ2) is 4.98. The smallest absolute Gasteiger partial charge is 0.256 e. The predicted octanol–water partition coefficient (Wildman–Crippen LogP) is 1.04. The van der Waals surface area contributed by atoms with Crippen LogP contribution < -0.4 is 10.7 Å². The topological polar surface area (TPSA) is 62.0 Å². The van der Waals surface area contributed by atoms with Crippen molar-refractivity contribution in [3.8, 4) is 0 Å². The molecule has 4 nitrogen and oxygen atoms in total. The van der Waals surface area contributed by atoms with Crippen LogP contribution in [0.2, 0.25) is 0 Å². The van der Waals surface area contributed by atoms with Gasteiger partial charge in [-0.05, 0) is 13.8 Å². The van der Waals surface area contributed by atoms with E-state index in [0.29, 0.717) is 6.54 Å². The summed E-state index contributed by atoms with van der Waals surface area (Å²) >= 11 is 5.67. The van der Waals surface area contributed by atoms with E-state index < -0.39 is 5.91 Å². The van der Waals surface area contributed by atoms with Gasteiger partial charge in [0.15, 0.2) is 5.43 Å². The molecule has 2 N–H and O–H groups in total. The predicted molar refractivity (Wildman–Crippen MR) is 59.4 cm³/mol. The van der Waals surface area contributed by atoms with Gasteiger partial charge >= 0.3 is 0 Å². The first-order valence-corrected chi connectivity index (χ1v) is 5.06. The van der Waals surface area contributed by atoms with Gasteiger partial charge < -0.3 is 10.3 Å². The molecule has 0 aliphatic rings. The fraction of sp³-hybridized carbons (Fsp3) is 0.400. The maximum atomic E-state index is 11.5. The standard InChI is InChI=1S/C10H13ClN2O2/c1-6(11)4-13-10(15)8-5-12-7(2)3-9(8)14/h3,5-6H,4H2,1-2H3,(H,12,14)(H,13,15). The van der Waals surface area contributed by atoms with Crippen molar-refractivity contribution in [2.75, 3.05) is 6.54 Å². The molecule has 15 heavy (non-hydrogen) atoms. The summed E-state index contributed by atoms with van der Waals surface area (Å²) in [5.41, 5.74) is 0.547. The van der Waals surface area contributed by atoms with Gasteiger partial charge in [0.1, 0.15) is 5.56 Å². The quantitative estimate of drug-likeness (QED) is 0.760.